The number of nitrogens with one attached hydrogen (secondary N) is 1. The molecule has 1 aliphatic heterocycles. The minimum absolute atomic E-state index is 0.000958. The Balaban J connectivity index is 1.74. The summed E-state index contributed by atoms with van der Waals surface area (Å²) in [6.07, 6.45) is 6.35. The number of ether oxygens (including phenoxy) is 6. The van der Waals surface area contributed by atoms with Gasteiger partial charge in [-0.2, -0.15) is 0 Å². The predicted octanol–water partition coefficient (Wildman–Crippen LogP) is 4.21. The van der Waals surface area contributed by atoms with E-state index >= 15 is 0 Å². The lowest BCUT2D eigenvalue weighted by molar-refractivity contribution is -0.173. The number of esters is 2. The van der Waals surface area contributed by atoms with Crippen molar-refractivity contribution < 1.29 is 42.8 Å². The number of methoxy groups -OCH3 is 1. The summed E-state index contributed by atoms with van der Waals surface area (Å²) in [6, 6.07) is 0.606. The zero-order chi connectivity index (χ0) is 29.9. The number of rotatable bonds is 12. The maximum Gasteiger partial charge on any atom is 0.329 e. The third kappa shape index (κ3) is 9.56. The Bertz CT molecular complexity index is 1010. The van der Waals surface area contributed by atoms with Gasteiger partial charge in [-0.3, -0.25) is 9.59 Å². The van der Waals surface area contributed by atoms with Gasteiger partial charge in [0.15, 0.2) is 17.2 Å². The zero-order valence-corrected chi connectivity index (χ0v) is 25.2. The van der Waals surface area contributed by atoms with Gasteiger partial charge in [-0.05, 0) is 44.9 Å². The molecule has 230 valence electrons. The molecule has 1 N–H and O–H groups in total. The molecule has 2 fully saturated rings. The van der Waals surface area contributed by atoms with Crippen molar-refractivity contribution in [2.45, 2.75) is 110 Å². The first-order valence-electron chi connectivity index (χ1n) is 14.7. The van der Waals surface area contributed by atoms with Crippen molar-refractivity contribution in [3.63, 3.8) is 0 Å². The SMILES string of the molecule is COc1ccnc(C(=O)NC2CCCC(OC3CCCC3)C(OCC(C)C)C(C)OC2=O)c1OCOC(=O)C(C)C. The Morgan fingerprint density at radius 1 is 1.10 bits per heavy atom. The van der Waals surface area contributed by atoms with Gasteiger partial charge in [-0.15, -0.1) is 0 Å². The molecule has 1 aromatic heterocycles. The molecular formula is C30H46N2O9. The highest BCUT2D eigenvalue weighted by Crippen LogP contribution is 2.31. The summed E-state index contributed by atoms with van der Waals surface area (Å²) >= 11 is 0. The number of aromatic nitrogens is 1. The lowest BCUT2D eigenvalue weighted by Crippen LogP contribution is -2.46. The van der Waals surface area contributed by atoms with E-state index in [0.29, 0.717) is 31.8 Å². The van der Waals surface area contributed by atoms with E-state index in [0.717, 1.165) is 25.7 Å². The first-order chi connectivity index (χ1) is 19.6. The van der Waals surface area contributed by atoms with Gasteiger partial charge in [0.05, 0.1) is 25.2 Å². The second-order valence-corrected chi connectivity index (χ2v) is 11.4. The molecule has 3 rings (SSSR count). The van der Waals surface area contributed by atoms with E-state index in [9.17, 15) is 14.4 Å². The van der Waals surface area contributed by atoms with Gasteiger partial charge in [0, 0.05) is 18.9 Å². The average molecular weight is 579 g/mol. The Morgan fingerprint density at radius 3 is 2.49 bits per heavy atom. The van der Waals surface area contributed by atoms with E-state index in [2.05, 4.69) is 24.1 Å². The highest BCUT2D eigenvalue weighted by molar-refractivity contribution is 5.98. The molecule has 4 atom stereocenters. The first-order valence-corrected chi connectivity index (χ1v) is 14.7. The molecule has 2 heterocycles. The van der Waals surface area contributed by atoms with E-state index in [4.69, 9.17) is 28.4 Å². The molecule has 0 bridgehead atoms. The lowest BCUT2D eigenvalue weighted by Gasteiger charge is -2.33. The maximum atomic E-state index is 13.4. The number of hydrogen-bond donors (Lipinski definition) is 1. The van der Waals surface area contributed by atoms with Crippen LogP contribution in [0.25, 0.3) is 0 Å². The number of carbonyl (C=O) groups excluding carboxylic acids is 3. The molecule has 1 saturated carbocycles. The molecular weight excluding hydrogens is 532 g/mol. The molecule has 1 saturated heterocycles. The van der Waals surface area contributed by atoms with Crippen LogP contribution >= 0.6 is 0 Å². The molecule has 0 aromatic carbocycles. The van der Waals surface area contributed by atoms with Gasteiger partial charge in [0.25, 0.3) is 5.91 Å². The highest BCUT2D eigenvalue weighted by atomic mass is 16.7. The van der Waals surface area contributed by atoms with Crippen LogP contribution < -0.4 is 14.8 Å². The van der Waals surface area contributed by atoms with Gasteiger partial charge >= 0.3 is 11.9 Å². The summed E-state index contributed by atoms with van der Waals surface area (Å²) < 4.78 is 34.6. The third-order valence-electron chi connectivity index (χ3n) is 7.17. The van der Waals surface area contributed by atoms with Crippen LogP contribution in [0, 0.1) is 11.8 Å². The van der Waals surface area contributed by atoms with Gasteiger partial charge in [0.2, 0.25) is 6.79 Å². The fraction of sp³-hybridized carbons (Fsp3) is 0.733. The molecule has 2 aliphatic rings. The van der Waals surface area contributed by atoms with Crippen molar-refractivity contribution in [2.24, 2.45) is 11.8 Å². The number of carbonyl (C=O) groups is 3. The van der Waals surface area contributed by atoms with Crippen LogP contribution in [-0.2, 0) is 28.5 Å². The molecule has 41 heavy (non-hydrogen) atoms. The van der Waals surface area contributed by atoms with Crippen LogP contribution in [0.15, 0.2) is 12.3 Å². The number of nitrogens with zero attached hydrogens (tertiary/aromatic N) is 1. The molecule has 4 unspecified atom stereocenters. The molecule has 1 aromatic rings. The monoisotopic (exact) mass is 578 g/mol. The standard InChI is InChI=1S/C30H46N2O9/c1-18(2)16-37-26-20(5)40-30(35)22(12-9-13-24(26)41-21-10-7-8-11-21)32-28(33)25-27(23(36-6)14-15-31-25)38-17-39-29(34)19(3)4/h14-15,18-22,24,26H,7-13,16-17H2,1-6H3,(H,32,33). The third-order valence-corrected chi connectivity index (χ3v) is 7.17. The van der Waals surface area contributed by atoms with E-state index < -0.39 is 42.9 Å². The molecule has 1 aliphatic carbocycles. The summed E-state index contributed by atoms with van der Waals surface area (Å²) in [4.78, 5) is 42.7. The summed E-state index contributed by atoms with van der Waals surface area (Å²) in [5.41, 5.74) is -0.105. The van der Waals surface area contributed by atoms with Crippen molar-refractivity contribution >= 4 is 17.8 Å². The van der Waals surface area contributed by atoms with Crippen molar-refractivity contribution in [1.29, 1.82) is 0 Å². The minimum Gasteiger partial charge on any atom is -0.493 e. The quantitative estimate of drug-likeness (QED) is 0.284. The molecule has 11 heteroatoms. The number of hydrogen-bond acceptors (Lipinski definition) is 10. The van der Waals surface area contributed by atoms with Crippen LogP contribution in [0.2, 0.25) is 0 Å². The van der Waals surface area contributed by atoms with Crippen molar-refractivity contribution in [3.8, 4) is 11.5 Å². The van der Waals surface area contributed by atoms with Crippen LogP contribution in [0.4, 0.5) is 0 Å². The number of amides is 1. The predicted molar refractivity (Wildman–Crippen MR) is 150 cm³/mol. The van der Waals surface area contributed by atoms with Crippen molar-refractivity contribution in [3.05, 3.63) is 18.0 Å². The van der Waals surface area contributed by atoms with Crippen LogP contribution in [0.1, 0.15) is 90.1 Å². The second-order valence-electron chi connectivity index (χ2n) is 11.4. The van der Waals surface area contributed by atoms with Crippen molar-refractivity contribution in [2.75, 3.05) is 20.5 Å². The molecule has 0 spiro atoms. The fourth-order valence-corrected chi connectivity index (χ4v) is 4.97. The zero-order valence-electron chi connectivity index (χ0n) is 25.2. The topological polar surface area (TPSA) is 132 Å². The number of pyridine rings is 1. The van der Waals surface area contributed by atoms with Gasteiger partial charge in [0.1, 0.15) is 18.2 Å². The van der Waals surface area contributed by atoms with Crippen LogP contribution in [0.5, 0.6) is 11.5 Å². The Morgan fingerprint density at radius 2 is 1.83 bits per heavy atom. The summed E-state index contributed by atoms with van der Waals surface area (Å²) in [7, 11) is 1.42. The summed E-state index contributed by atoms with van der Waals surface area (Å²) in [6.45, 7) is 9.45. The summed E-state index contributed by atoms with van der Waals surface area (Å²) in [5.74, 6) is -1.45. The van der Waals surface area contributed by atoms with E-state index in [1.165, 1.54) is 19.4 Å². The van der Waals surface area contributed by atoms with Gasteiger partial charge in [-0.1, -0.05) is 40.5 Å². The van der Waals surface area contributed by atoms with Crippen LogP contribution in [0.3, 0.4) is 0 Å². The highest BCUT2D eigenvalue weighted by Gasteiger charge is 2.37. The van der Waals surface area contributed by atoms with Gasteiger partial charge in [-0.25, -0.2) is 9.78 Å². The lowest BCUT2D eigenvalue weighted by atomic mass is 10.0. The van der Waals surface area contributed by atoms with Crippen LogP contribution in [-0.4, -0.2) is 73.8 Å². The molecule has 0 radical (unpaired) electrons. The van der Waals surface area contributed by atoms with Gasteiger partial charge < -0.3 is 33.7 Å². The Hall–Kier alpha value is -2.92. The Labute approximate surface area is 242 Å². The number of cyclic esters (lactones) is 1. The normalized spacial score (nSPS) is 23.9. The smallest absolute Gasteiger partial charge is 0.329 e. The first kappa shape index (κ1) is 32.6. The van der Waals surface area contributed by atoms with E-state index in [-0.39, 0.29) is 35.3 Å². The minimum atomic E-state index is -0.916. The van der Waals surface area contributed by atoms with E-state index in [1.54, 1.807) is 13.8 Å². The largest absolute Gasteiger partial charge is 0.493 e. The van der Waals surface area contributed by atoms with E-state index in [1.807, 2.05) is 6.92 Å². The second kappa shape index (κ2) is 15.9. The maximum absolute atomic E-state index is 13.4. The summed E-state index contributed by atoms with van der Waals surface area (Å²) in [5, 5.41) is 2.76. The van der Waals surface area contributed by atoms with Crippen molar-refractivity contribution in [1.82, 2.24) is 10.3 Å². The molecule has 11 nitrogen and oxygen atoms in total. The molecule has 1 amide bonds. The average Bonchev–Trinajstić information content (AvgIpc) is 3.45. The Kier molecular flexibility index (Phi) is 12.6. The fourth-order valence-electron chi connectivity index (χ4n) is 4.97.